The van der Waals surface area contributed by atoms with E-state index in [0.717, 1.165) is 10.0 Å². The fraction of sp³-hybridized carbons (Fsp3) is 0.364. The molecule has 0 radical (unpaired) electrons. The van der Waals surface area contributed by atoms with Crippen molar-refractivity contribution in [3.8, 4) is 5.75 Å². The van der Waals surface area contributed by atoms with Crippen molar-refractivity contribution in [2.24, 2.45) is 5.73 Å². The number of benzene rings is 1. The second kappa shape index (κ2) is 7.53. The van der Waals surface area contributed by atoms with Gasteiger partial charge in [0.1, 0.15) is 5.75 Å². The van der Waals surface area contributed by atoms with Gasteiger partial charge in [-0.2, -0.15) is 0 Å². The van der Waals surface area contributed by atoms with E-state index in [1.54, 1.807) is 13.2 Å². The Bertz CT molecular complexity index is 387. The van der Waals surface area contributed by atoms with Crippen LogP contribution in [0.15, 0.2) is 22.7 Å². The average molecular weight is 325 g/mol. The highest BCUT2D eigenvalue weighted by molar-refractivity contribution is 9.10. The number of carbonyl (C=O) groups is 1. The first-order valence-electron chi connectivity index (χ1n) is 4.74. The molecule has 0 aliphatic carbocycles. The minimum Gasteiger partial charge on any atom is -0.497 e. The standard InChI is InChI=1S/C11H14BrNO3.ClH/c1-15-7-3-4-9(12)8(5-7)10(13)6-11(14)16-2;/h3-5,10H,6,13H2,1-2H3;1H/t10-;/m0./s1. The highest BCUT2D eigenvalue weighted by atomic mass is 79.9. The lowest BCUT2D eigenvalue weighted by atomic mass is 10.0. The fourth-order valence-corrected chi connectivity index (χ4v) is 1.85. The van der Waals surface area contributed by atoms with Crippen LogP contribution in [0.3, 0.4) is 0 Å². The lowest BCUT2D eigenvalue weighted by molar-refractivity contribution is -0.141. The number of hydrogen-bond donors (Lipinski definition) is 1. The molecular weight excluding hydrogens is 309 g/mol. The van der Waals surface area contributed by atoms with Crippen LogP contribution in [0.25, 0.3) is 0 Å². The summed E-state index contributed by atoms with van der Waals surface area (Å²) in [4.78, 5) is 11.1. The van der Waals surface area contributed by atoms with E-state index >= 15 is 0 Å². The molecule has 96 valence electrons. The van der Waals surface area contributed by atoms with E-state index < -0.39 is 6.04 Å². The first-order valence-corrected chi connectivity index (χ1v) is 5.53. The van der Waals surface area contributed by atoms with Crippen molar-refractivity contribution in [3.63, 3.8) is 0 Å². The van der Waals surface area contributed by atoms with Crippen molar-refractivity contribution in [2.45, 2.75) is 12.5 Å². The van der Waals surface area contributed by atoms with Crippen LogP contribution in [-0.2, 0) is 9.53 Å². The zero-order valence-electron chi connectivity index (χ0n) is 9.60. The summed E-state index contributed by atoms with van der Waals surface area (Å²) in [6, 6.07) is 5.05. The number of rotatable bonds is 4. The summed E-state index contributed by atoms with van der Waals surface area (Å²) >= 11 is 3.38. The van der Waals surface area contributed by atoms with Gasteiger partial charge in [0, 0.05) is 10.5 Å². The number of esters is 1. The number of halogens is 2. The highest BCUT2D eigenvalue weighted by Crippen LogP contribution is 2.28. The maximum atomic E-state index is 11.1. The molecule has 0 saturated carbocycles. The zero-order valence-corrected chi connectivity index (χ0v) is 12.0. The predicted molar refractivity (Wildman–Crippen MR) is 71.5 cm³/mol. The molecule has 1 rings (SSSR count). The minimum absolute atomic E-state index is 0. The molecule has 0 spiro atoms. The number of ether oxygens (including phenoxy) is 2. The zero-order chi connectivity index (χ0) is 12.1. The molecule has 0 fully saturated rings. The van der Waals surface area contributed by atoms with Gasteiger partial charge >= 0.3 is 5.97 Å². The molecule has 1 aromatic rings. The van der Waals surface area contributed by atoms with Gasteiger partial charge in [-0.3, -0.25) is 4.79 Å². The normalized spacial score (nSPS) is 11.3. The van der Waals surface area contributed by atoms with Gasteiger partial charge in [-0.25, -0.2) is 0 Å². The van der Waals surface area contributed by atoms with Crippen molar-refractivity contribution in [2.75, 3.05) is 14.2 Å². The van der Waals surface area contributed by atoms with Gasteiger partial charge in [0.15, 0.2) is 0 Å². The van der Waals surface area contributed by atoms with Crippen molar-refractivity contribution < 1.29 is 14.3 Å². The van der Waals surface area contributed by atoms with Crippen molar-refractivity contribution >= 4 is 34.3 Å². The van der Waals surface area contributed by atoms with Gasteiger partial charge in [-0.15, -0.1) is 12.4 Å². The second-order valence-electron chi connectivity index (χ2n) is 3.27. The number of carbonyl (C=O) groups excluding carboxylic acids is 1. The van der Waals surface area contributed by atoms with Gasteiger partial charge < -0.3 is 15.2 Å². The van der Waals surface area contributed by atoms with Crippen LogP contribution in [-0.4, -0.2) is 20.2 Å². The monoisotopic (exact) mass is 323 g/mol. The SMILES string of the molecule is COC(=O)C[C@H](N)c1cc(OC)ccc1Br.Cl. The quantitative estimate of drug-likeness (QED) is 0.864. The summed E-state index contributed by atoms with van der Waals surface area (Å²) in [5.41, 5.74) is 6.73. The Balaban J connectivity index is 0.00000256. The molecule has 0 amide bonds. The van der Waals surface area contributed by atoms with E-state index in [1.807, 2.05) is 12.1 Å². The molecule has 1 atom stereocenters. The summed E-state index contributed by atoms with van der Waals surface area (Å²) in [7, 11) is 2.93. The maximum absolute atomic E-state index is 11.1. The highest BCUT2D eigenvalue weighted by Gasteiger charge is 2.15. The smallest absolute Gasteiger partial charge is 0.307 e. The van der Waals surface area contributed by atoms with Gasteiger partial charge in [0.05, 0.1) is 20.6 Å². The fourth-order valence-electron chi connectivity index (χ4n) is 1.31. The third kappa shape index (κ3) is 4.53. The molecule has 2 N–H and O–H groups in total. The Hall–Kier alpha value is -0.780. The molecule has 0 aliphatic rings. The van der Waals surface area contributed by atoms with Crippen LogP contribution >= 0.6 is 28.3 Å². The van der Waals surface area contributed by atoms with Crippen LogP contribution in [0, 0.1) is 0 Å². The molecule has 1 aromatic carbocycles. The lowest BCUT2D eigenvalue weighted by Crippen LogP contribution is -2.16. The molecule has 4 nitrogen and oxygen atoms in total. The summed E-state index contributed by atoms with van der Waals surface area (Å²) < 4.78 is 10.5. The van der Waals surface area contributed by atoms with E-state index in [2.05, 4.69) is 20.7 Å². The summed E-state index contributed by atoms with van der Waals surface area (Å²) in [5, 5.41) is 0. The van der Waals surface area contributed by atoms with E-state index in [1.165, 1.54) is 7.11 Å². The van der Waals surface area contributed by atoms with Gasteiger partial charge in [-0.1, -0.05) is 15.9 Å². The number of methoxy groups -OCH3 is 2. The van der Waals surface area contributed by atoms with Crippen LogP contribution in [0.2, 0.25) is 0 Å². The Kier molecular flexibility index (Phi) is 7.18. The Morgan fingerprint density at radius 1 is 1.47 bits per heavy atom. The van der Waals surface area contributed by atoms with Gasteiger partial charge in [0.2, 0.25) is 0 Å². The summed E-state index contributed by atoms with van der Waals surface area (Å²) in [5.74, 6) is 0.376. The van der Waals surface area contributed by atoms with Crippen LogP contribution < -0.4 is 10.5 Å². The van der Waals surface area contributed by atoms with Crippen molar-refractivity contribution in [3.05, 3.63) is 28.2 Å². The average Bonchev–Trinajstić information content (AvgIpc) is 2.29. The van der Waals surface area contributed by atoms with E-state index in [0.29, 0.717) is 5.75 Å². The lowest BCUT2D eigenvalue weighted by Gasteiger charge is -2.13. The minimum atomic E-state index is -0.406. The molecule has 0 heterocycles. The molecule has 0 saturated heterocycles. The van der Waals surface area contributed by atoms with Crippen molar-refractivity contribution in [1.82, 2.24) is 0 Å². The molecular formula is C11H15BrClNO3. The third-order valence-corrected chi connectivity index (χ3v) is 2.94. The van der Waals surface area contributed by atoms with Crippen LogP contribution in [0.1, 0.15) is 18.0 Å². The third-order valence-electron chi connectivity index (χ3n) is 2.22. The largest absolute Gasteiger partial charge is 0.497 e. The topological polar surface area (TPSA) is 61.5 Å². The van der Waals surface area contributed by atoms with Gasteiger partial charge in [-0.05, 0) is 23.8 Å². The first kappa shape index (κ1) is 16.2. The van der Waals surface area contributed by atoms with Crippen LogP contribution in [0.5, 0.6) is 5.75 Å². The van der Waals surface area contributed by atoms with E-state index in [9.17, 15) is 4.79 Å². The Morgan fingerprint density at radius 3 is 2.65 bits per heavy atom. The summed E-state index contributed by atoms with van der Waals surface area (Å²) in [6.45, 7) is 0. The molecule has 17 heavy (non-hydrogen) atoms. The predicted octanol–water partition coefficient (Wildman–Crippen LogP) is 2.44. The molecule has 0 aromatic heterocycles. The Morgan fingerprint density at radius 2 is 2.12 bits per heavy atom. The van der Waals surface area contributed by atoms with E-state index in [-0.39, 0.29) is 24.8 Å². The first-order chi connectivity index (χ1) is 7.58. The van der Waals surface area contributed by atoms with Gasteiger partial charge in [0.25, 0.3) is 0 Å². The summed E-state index contributed by atoms with van der Waals surface area (Å²) in [6.07, 6.45) is 0.141. The maximum Gasteiger partial charge on any atom is 0.307 e. The second-order valence-corrected chi connectivity index (χ2v) is 4.13. The number of nitrogens with two attached hydrogens (primary N) is 1. The Labute approximate surface area is 115 Å². The molecule has 0 bridgehead atoms. The molecule has 0 unspecified atom stereocenters. The molecule has 0 aliphatic heterocycles. The van der Waals surface area contributed by atoms with E-state index in [4.69, 9.17) is 10.5 Å². The molecule has 6 heteroatoms. The van der Waals surface area contributed by atoms with Crippen molar-refractivity contribution in [1.29, 1.82) is 0 Å². The number of hydrogen-bond acceptors (Lipinski definition) is 4. The van der Waals surface area contributed by atoms with Crippen LogP contribution in [0.4, 0.5) is 0 Å².